The number of nitrogens with zero attached hydrogens (tertiary/aromatic N) is 1. The minimum absolute atomic E-state index is 0.0689. The van der Waals surface area contributed by atoms with Gasteiger partial charge in [0, 0.05) is 25.3 Å². The Balaban J connectivity index is 2.26. The van der Waals surface area contributed by atoms with Gasteiger partial charge >= 0.3 is 5.69 Å². The summed E-state index contributed by atoms with van der Waals surface area (Å²) in [6, 6.07) is 0. The third kappa shape index (κ3) is 2.37. The number of aryl methyl sites for hydroxylation is 1. The third-order valence-electron chi connectivity index (χ3n) is 2.95. The molecule has 2 rings (SSSR count). The molecule has 7 heteroatoms. The molecule has 0 bridgehead atoms. The Hall–Kier alpha value is -1.47. The van der Waals surface area contributed by atoms with Crippen LogP contribution in [0.15, 0.2) is 15.8 Å². The fourth-order valence-corrected chi connectivity index (χ4v) is 1.97. The van der Waals surface area contributed by atoms with Crippen LogP contribution in [0.4, 0.5) is 4.39 Å². The zero-order chi connectivity index (χ0) is 13.3. The smallest absolute Gasteiger partial charge is 0.330 e. The van der Waals surface area contributed by atoms with E-state index in [0.29, 0.717) is 5.56 Å². The summed E-state index contributed by atoms with van der Waals surface area (Å²) in [5.74, 6) is 0. The van der Waals surface area contributed by atoms with Crippen molar-refractivity contribution in [1.82, 2.24) is 9.55 Å². The summed E-state index contributed by atoms with van der Waals surface area (Å²) in [6.45, 7) is 1.71. The fraction of sp³-hybridized carbons (Fsp3) is 0.636. The van der Waals surface area contributed by atoms with E-state index in [1.807, 2.05) is 0 Å². The summed E-state index contributed by atoms with van der Waals surface area (Å²) >= 11 is 0. The van der Waals surface area contributed by atoms with Gasteiger partial charge in [0.1, 0.15) is 18.5 Å². The molecule has 1 saturated heterocycles. The quantitative estimate of drug-likeness (QED) is 0.835. The molecule has 0 radical (unpaired) electrons. The van der Waals surface area contributed by atoms with E-state index in [9.17, 15) is 14.0 Å². The number of nitrogens with one attached hydrogen (secondary N) is 1. The Kier molecular flexibility index (Phi) is 3.63. The second-order valence-corrected chi connectivity index (χ2v) is 4.31. The largest absolute Gasteiger partial charge is 0.382 e. The second kappa shape index (κ2) is 5.03. The number of aromatic nitrogens is 2. The Morgan fingerprint density at radius 2 is 2.33 bits per heavy atom. The van der Waals surface area contributed by atoms with Gasteiger partial charge in [0.2, 0.25) is 0 Å². The van der Waals surface area contributed by atoms with Crippen LogP contribution in [0.5, 0.6) is 0 Å². The normalized spacial score (nSPS) is 27.6. The Morgan fingerprint density at radius 3 is 3.00 bits per heavy atom. The number of H-pyrrole nitrogens is 1. The molecule has 1 N–H and O–H groups in total. The molecule has 6 nitrogen and oxygen atoms in total. The molecule has 1 fully saturated rings. The van der Waals surface area contributed by atoms with Crippen LogP contribution < -0.4 is 11.2 Å². The number of halogens is 1. The molecule has 18 heavy (non-hydrogen) atoms. The molecule has 1 aromatic heterocycles. The molecule has 1 aliphatic rings. The van der Waals surface area contributed by atoms with Crippen molar-refractivity contribution in [2.75, 3.05) is 13.7 Å². The summed E-state index contributed by atoms with van der Waals surface area (Å²) in [4.78, 5) is 25.0. The zero-order valence-electron chi connectivity index (χ0n) is 10.2. The first-order valence-corrected chi connectivity index (χ1v) is 5.63. The minimum atomic E-state index is -1.19. The van der Waals surface area contributed by atoms with Gasteiger partial charge in [-0.3, -0.25) is 14.3 Å². The summed E-state index contributed by atoms with van der Waals surface area (Å²) in [5, 5.41) is 0. The van der Waals surface area contributed by atoms with Crippen molar-refractivity contribution < 1.29 is 13.9 Å². The van der Waals surface area contributed by atoms with Crippen molar-refractivity contribution in [2.24, 2.45) is 0 Å². The maximum Gasteiger partial charge on any atom is 0.330 e. The highest BCUT2D eigenvalue weighted by Crippen LogP contribution is 2.29. The number of aromatic amines is 1. The van der Waals surface area contributed by atoms with Crippen LogP contribution in [-0.2, 0) is 9.47 Å². The van der Waals surface area contributed by atoms with Gasteiger partial charge in [-0.1, -0.05) is 0 Å². The second-order valence-electron chi connectivity index (χ2n) is 4.31. The monoisotopic (exact) mass is 258 g/mol. The Morgan fingerprint density at radius 1 is 1.61 bits per heavy atom. The van der Waals surface area contributed by atoms with Gasteiger partial charge in [0.25, 0.3) is 5.56 Å². The lowest BCUT2D eigenvalue weighted by molar-refractivity contribution is -0.0447. The zero-order valence-corrected chi connectivity index (χ0v) is 10.2. The molecule has 1 aliphatic heterocycles. The third-order valence-corrected chi connectivity index (χ3v) is 2.95. The predicted molar refractivity (Wildman–Crippen MR) is 61.4 cm³/mol. The van der Waals surface area contributed by atoms with E-state index in [-0.39, 0.29) is 13.0 Å². The molecule has 100 valence electrons. The predicted octanol–water partition coefficient (Wildman–Crippen LogP) is 0.117. The number of rotatable bonds is 3. The van der Waals surface area contributed by atoms with Crippen molar-refractivity contribution >= 4 is 0 Å². The first-order valence-electron chi connectivity index (χ1n) is 5.63. The molecule has 0 unspecified atom stereocenters. The summed E-state index contributed by atoms with van der Waals surface area (Å²) < 4.78 is 25.1. The van der Waals surface area contributed by atoms with Gasteiger partial charge in [0.15, 0.2) is 0 Å². The highest BCUT2D eigenvalue weighted by molar-refractivity contribution is 5.02. The Bertz CT molecular complexity index is 539. The molecule has 0 aliphatic carbocycles. The molecule has 3 atom stereocenters. The van der Waals surface area contributed by atoms with Crippen LogP contribution in [0.3, 0.4) is 0 Å². The number of ether oxygens (including phenoxy) is 2. The lowest BCUT2D eigenvalue weighted by Gasteiger charge is -2.15. The summed E-state index contributed by atoms with van der Waals surface area (Å²) in [5.41, 5.74) is -0.663. The van der Waals surface area contributed by atoms with E-state index >= 15 is 0 Å². The van der Waals surface area contributed by atoms with Gasteiger partial charge in [-0.15, -0.1) is 0 Å². The molecule has 0 spiro atoms. The standard InChI is InChI=1S/C11H15FN2O4/c1-6-4-14(11(16)13-10(6)15)9-3-7(12)8(18-9)5-17-2/h4,7-9H,3,5H2,1-2H3,(H,13,15,16)/t7-,8+,9+/m0/s1. The number of methoxy groups -OCH3 is 1. The molecule has 1 aromatic rings. The molecule has 0 aromatic carbocycles. The Labute approximate surface area is 102 Å². The van der Waals surface area contributed by atoms with Crippen molar-refractivity contribution in [3.63, 3.8) is 0 Å². The minimum Gasteiger partial charge on any atom is -0.382 e. The first-order chi connectivity index (χ1) is 8.52. The van der Waals surface area contributed by atoms with Crippen molar-refractivity contribution in [1.29, 1.82) is 0 Å². The SMILES string of the molecule is COC[C@H]1O[C@@H](n2cc(C)c(=O)[nH]c2=O)C[C@@H]1F. The van der Waals surface area contributed by atoms with Crippen LogP contribution in [0, 0.1) is 6.92 Å². The first kappa shape index (κ1) is 13.0. The summed E-state index contributed by atoms with van der Waals surface area (Å²) in [6.07, 6.45) is -1.12. The van der Waals surface area contributed by atoms with E-state index in [2.05, 4.69) is 4.98 Å². The molecular formula is C11H15FN2O4. The maximum absolute atomic E-state index is 13.6. The van der Waals surface area contributed by atoms with E-state index in [1.54, 1.807) is 6.92 Å². The number of hydrogen-bond donors (Lipinski definition) is 1. The number of alkyl halides is 1. The molecule has 0 saturated carbocycles. The summed E-state index contributed by atoms with van der Waals surface area (Å²) in [7, 11) is 1.46. The highest BCUT2D eigenvalue weighted by Gasteiger charge is 2.36. The van der Waals surface area contributed by atoms with Crippen LogP contribution in [0.2, 0.25) is 0 Å². The van der Waals surface area contributed by atoms with Crippen LogP contribution in [0.25, 0.3) is 0 Å². The van der Waals surface area contributed by atoms with Crippen molar-refractivity contribution in [3.8, 4) is 0 Å². The van der Waals surface area contributed by atoms with E-state index < -0.39 is 29.8 Å². The van der Waals surface area contributed by atoms with Crippen LogP contribution in [-0.4, -0.2) is 35.5 Å². The van der Waals surface area contributed by atoms with Crippen molar-refractivity contribution in [2.45, 2.75) is 31.8 Å². The van der Waals surface area contributed by atoms with E-state index in [1.165, 1.54) is 17.9 Å². The van der Waals surface area contributed by atoms with E-state index in [4.69, 9.17) is 9.47 Å². The molecule has 0 amide bonds. The number of hydrogen-bond acceptors (Lipinski definition) is 4. The van der Waals surface area contributed by atoms with E-state index in [0.717, 1.165) is 0 Å². The van der Waals surface area contributed by atoms with Crippen molar-refractivity contribution in [3.05, 3.63) is 32.6 Å². The van der Waals surface area contributed by atoms with Gasteiger partial charge < -0.3 is 9.47 Å². The maximum atomic E-state index is 13.6. The lowest BCUT2D eigenvalue weighted by Crippen LogP contribution is -2.33. The topological polar surface area (TPSA) is 73.3 Å². The van der Waals surface area contributed by atoms with Gasteiger partial charge in [-0.2, -0.15) is 0 Å². The van der Waals surface area contributed by atoms with Gasteiger partial charge in [-0.05, 0) is 6.92 Å². The van der Waals surface area contributed by atoms with Gasteiger partial charge in [0.05, 0.1) is 6.61 Å². The highest BCUT2D eigenvalue weighted by atomic mass is 19.1. The van der Waals surface area contributed by atoms with Gasteiger partial charge in [-0.25, -0.2) is 9.18 Å². The van der Waals surface area contributed by atoms with Crippen LogP contribution >= 0.6 is 0 Å². The average Bonchev–Trinajstić information content (AvgIpc) is 2.66. The molecule has 2 heterocycles. The average molecular weight is 258 g/mol. The molecular weight excluding hydrogens is 243 g/mol. The fourth-order valence-electron chi connectivity index (χ4n) is 1.97. The lowest BCUT2D eigenvalue weighted by atomic mass is 10.2. The van der Waals surface area contributed by atoms with Crippen LogP contribution in [0.1, 0.15) is 18.2 Å².